The monoisotopic (exact) mass is 542 g/mol. The number of aliphatic imine (C=N–C) groups is 1. The van der Waals surface area contributed by atoms with Gasteiger partial charge in [0.05, 0.1) is 48.0 Å². The molecule has 3 aromatic rings. The summed E-state index contributed by atoms with van der Waals surface area (Å²) in [6, 6.07) is 9.64. The molecule has 0 radical (unpaired) electrons. The number of amides is 1. The highest BCUT2D eigenvalue weighted by Crippen LogP contribution is 2.35. The fraction of sp³-hybridized carbons (Fsp3) is 0.296. The van der Waals surface area contributed by atoms with Crippen LogP contribution in [0.15, 0.2) is 59.1 Å². The molecule has 1 saturated heterocycles. The normalized spacial score (nSPS) is 19.4. The number of hydrogen-bond donors (Lipinski definition) is 1. The SMILES string of the molecule is C=C(C)c1ccc(Cn2ncc3cc(/C=C4\SC(N5CCO[C@@H](CO)C5)=NC4=O)ccc32)c(C(F)(F)F)c1. The molecule has 1 amide bonds. The summed E-state index contributed by atoms with van der Waals surface area (Å²) in [5, 5.41) is 15.0. The Morgan fingerprint density at radius 2 is 2.11 bits per heavy atom. The lowest BCUT2D eigenvalue weighted by Crippen LogP contribution is -2.45. The largest absolute Gasteiger partial charge is 0.416 e. The first-order chi connectivity index (χ1) is 18.1. The van der Waals surface area contributed by atoms with Gasteiger partial charge in [0.25, 0.3) is 5.91 Å². The summed E-state index contributed by atoms with van der Waals surface area (Å²) in [5.74, 6) is -0.342. The number of morpholine rings is 1. The fourth-order valence-corrected chi connectivity index (χ4v) is 5.36. The number of aliphatic hydroxyl groups excluding tert-OH is 1. The highest BCUT2D eigenvalue weighted by atomic mass is 32.2. The van der Waals surface area contributed by atoms with E-state index in [1.165, 1.54) is 22.5 Å². The number of aromatic nitrogens is 2. The average Bonchev–Trinajstić information content (AvgIpc) is 3.46. The second kappa shape index (κ2) is 10.4. The van der Waals surface area contributed by atoms with Crippen molar-refractivity contribution in [3.63, 3.8) is 0 Å². The molecule has 0 unspecified atom stereocenters. The van der Waals surface area contributed by atoms with Crippen molar-refractivity contribution in [2.75, 3.05) is 26.3 Å². The van der Waals surface area contributed by atoms with Crippen molar-refractivity contribution in [2.24, 2.45) is 4.99 Å². The number of carbonyl (C=O) groups is 1. The Labute approximate surface area is 221 Å². The molecule has 1 atom stereocenters. The van der Waals surface area contributed by atoms with Crippen LogP contribution in [0.4, 0.5) is 13.2 Å². The molecule has 0 saturated carbocycles. The van der Waals surface area contributed by atoms with Crippen LogP contribution in [0.5, 0.6) is 0 Å². The van der Waals surface area contributed by atoms with Gasteiger partial charge in [-0.25, -0.2) is 0 Å². The zero-order valence-electron chi connectivity index (χ0n) is 20.5. The van der Waals surface area contributed by atoms with Gasteiger partial charge >= 0.3 is 6.18 Å². The molecule has 3 heterocycles. The fourth-order valence-electron chi connectivity index (χ4n) is 4.41. The predicted molar refractivity (Wildman–Crippen MR) is 141 cm³/mol. The van der Waals surface area contributed by atoms with Gasteiger partial charge in [0.15, 0.2) is 5.17 Å². The smallest absolute Gasteiger partial charge is 0.394 e. The van der Waals surface area contributed by atoms with Crippen LogP contribution in [0.1, 0.15) is 29.2 Å². The lowest BCUT2D eigenvalue weighted by atomic mass is 10.00. The third-order valence-corrected chi connectivity index (χ3v) is 7.46. The van der Waals surface area contributed by atoms with E-state index in [2.05, 4.69) is 16.7 Å². The molecule has 0 bridgehead atoms. The number of fused-ring (bicyclic) bond motifs is 1. The molecule has 1 aromatic heterocycles. The first kappa shape index (κ1) is 26.2. The van der Waals surface area contributed by atoms with Crippen molar-refractivity contribution in [1.82, 2.24) is 14.7 Å². The minimum Gasteiger partial charge on any atom is -0.394 e. The molecule has 1 N–H and O–H groups in total. The number of amidine groups is 1. The van der Waals surface area contributed by atoms with Crippen LogP contribution in [-0.2, 0) is 22.3 Å². The Kier molecular flexibility index (Phi) is 7.17. The minimum absolute atomic E-state index is 0.0465. The maximum absolute atomic E-state index is 13.8. The maximum Gasteiger partial charge on any atom is 0.416 e. The first-order valence-electron chi connectivity index (χ1n) is 11.9. The molecule has 2 aliphatic heterocycles. The second-order valence-electron chi connectivity index (χ2n) is 9.20. The molecule has 11 heteroatoms. The number of benzene rings is 2. The van der Waals surface area contributed by atoms with E-state index in [1.807, 2.05) is 11.0 Å². The molecule has 5 rings (SSSR count). The standard InChI is InChI=1S/C27H25F3N4O3S/c1-16(2)18-4-5-19(22(11-18)27(28,29)30)13-34-23-6-3-17(9-20(23)12-31-34)10-24-25(36)32-26(38-24)33-7-8-37-21(14-33)15-35/h3-6,9-12,21,35H,1,7-8,13-15H2,2H3/b24-10-/t21-/m1/s1. The quantitative estimate of drug-likeness (QED) is 0.467. The second-order valence-corrected chi connectivity index (χ2v) is 10.2. The molecule has 2 aromatic carbocycles. The van der Waals surface area contributed by atoms with E-state index in [9.17, 15) is 23.1 Å². The average molecular weight is 543 g/mol. The van der Waals surface area contributed by atoms with Gasteiger partial charge in [-0.3, -0.25) is 9.48 Å². The van der Waals surface area contributed by atoms with Crippen LogP contribution in [0, 0.1) is 0 Å². The van der Waals surface area contributed by atoms with Crippen molar-refractivity contribution >= 4 is 45.4 Å². The van der Waals surface area contributed by atoms with E-state index in [4.69, 9.17) is 4.74 Å². The van der Waals surface area contributed by atoms with E-state index >= 15 is 0 Å². The van der Waals surface area contributed by atoms with Crippen LogP contribution in [0.25, 0.3) is 22.6 Å². The van der Waals surface area contributed by atoms with Crippen molar-refractivity contribution < 1.29 is 27.8 Å². The van der Waals surface area contributed by atoms with E-state index in [-0.39, 0.29) is 30.7 Å². The number of carbonyl (C=O) groups excluding carboxylic acids is 1. The van der Waals surface area contributed by atoms with Gasteiger partial charge in [-0.1, -0.05) is 30.4 Å². The molecule has 1 fully saturated rings. The van der Waals surface area contributed by atoms with Gasteiger partial charge in [0, 0.05) is 18.5 Å². The number of ether oxygens (including phenoxy) is 1. The number of rotatable bonds is 5. The van der Waals surface area contributed by atoms with E-state index in [0.717, 1.165) is 17.0 Å². The maximum atomic E-state index is 13.8. The molecular weight excluding hydrogens is 517 g/mol. The summed E-state index contributed by atoms with van der Waals surface area (Å²) in [7, 11) is 0. The van der Waals surface area contributed by atoms with E-state index in [0.29, 0.717) is 46.4 Å². The Morgan fingerprint density at radius 3 is 2.84 bits per heavy atom. The molecule has 2 aliphatic rings. The van der Waals surface area contributed by atoms with Gasteiger partial charge in [0.1, 0.15) is 0 Å². The highest BCUT2D eigenvalue weighted by Gasteiger charge is 2.34. The van der Waals surface area contributed by atoms with Gasteiger partial charge in [-0.05, 0) is 59.7 Å². The minimum atomic E-state index is -4.50. The third kappa shape index (κ3) is 5.40. The zero-order valence-corrected chi connectivity index (χ0v) is 21.3. The summed E-state index contributed by atoms with van der Waals surface area (Å²) < 4.78 is 48.3. The Hall–Kier alpha value is -3.41. The van der Waals surface area contributed by atoms with Crippen LogP contribution in [0.2, 0.25) is 0 Å². The van der Waals surface area contributed by atoms with Gasteiger partial charge in [-0.2, -0.15) is 23.3 Å². The van der Waals surface area contributed by atoms with Crippen molar-refractivity contribution in [1.29, 1.82) is 0 Å². The lowest BCUT2D eigenvalue weighted by Gasteiger charge is -2.32. The third-order valence-electron chi connectivity index (χ3n) is 6.41. The molecular formula is C27H25F3N4O3S. The lowest BCUT2D eigenvalue weighted by molar-refractivity contribution is -0.138. The molecule has 0 aliphatic carbocycles. The van der Waals surface area contributed by atoms with Crippen LogP contribution in [0.3, 0.4) is 0 Å². The number of allylic oxidation sites excluding steroid dienone is 1. The summed E-state index contributed by atoms with van der Waals surface area (Å²) >= 11 is 1.27. The van der Waals surface area contributed by atoms with Gasteiger partial charge < -0.3 is 14.7 Å². The number of aliphatic hydroxyl groups is 1. The highest BCUT2D eigenvalue weighted by molar-refractivity contribution is 8.18. The van der Waals surface area contributed by atoms with Crippen molar-refractivity contribution in [3.05, 3.63) is 76.3 Å². The predicted octanol–water partition coefficient (Wildman–Crippen LogP) is 4.80. The van der Waals surface area contributed by atoms with Crippen LogP contribution < -0.4 is 0 Å². The number of thioether (sulfide) groups is 1. The topological polar surface area (TPSA) is 80.0 Å². The number of alkyl halides is 3. The molecule has 7 nitrogen and oxygen atoms in total. The summed E-state index contributed by atoms with van der Waals surface area (Å²) in [6.45, 7) is 6.75. The molecule has 198 valence electrons. The first-order valence-corrected chi connectivity index (χ1v) is 12.8. The molecule has 38 heavy (non-hydrogen) atoms. The zero-order chi connectivity index (χ0) is 27.0. The summed E-state index contributed by atoms with van der Waals surface area (Å²) in [6.07, 6.45) is -1.48. The van der Waals surface area contributed by atoms with Crippen molar-refractivity contribution in [3.8, 4) is 0 Å². The number of hydrogen-bond acceptors (Lipinski definition) is 6. The van der Waals surface area contributed by atoms with E-state index in [1.54, 1.807) is 37.4 Å². The van der Waals surface area contributed by atoms with Gasteiger partial charge in [-0.15, -0.1) is 0 Å². The van der Waals surface area contributed by atoms with E-state index < -0.39 is 11.7 Å². The number of halogens is 3. The van der Waals surface area contributed by atoms with Gasteiger partial charge in [0.2, 0.25) is 0 Å². The Morgan fingerprint density at radius 1 is 1.29 bits per heavy atom. The van der Waals surface area contributed by atoms with Crippen LogP contribution in [-0.4, -0.2) is 63.3 Å². The molecule has 0 spiro atoms. The Bertz CT molecular complexity index is 1480. The number of nitrogens with zero attached hydrogens (tertiary/aromatic N) is 4. The summed E-state index contributed by atoms with van der Waals surface area (Å²) in [4.78, 5) is 19.1. The van der Waals surface area contributed by atoms with Crippen molar-refractivity contribution in [2.45, 2.75) is 25.7 Å². The Balaban J connectivity index is 1.36. The van der Waals surface area contributed by atoms with Crippen LogP contribution >= 0.6 is 11.8 Å². The summed E-state index contributed by atoms with van der Waals surface area (Å²) in [5.41, 5.74) is 1.83.